The van der Waals surface area contributed by atoms with Gasteiger partial charge in [0.2, 0.25) is 0 Å². The van der Waals surface area contributed by atoms with Crippen LogP contribution in [0.3, 0.4) is 0 Å². The van der Waals surface area contributed by atoms with Crippen molar-refractivity contribution in [1.82, 2.24) is 15.5 Å². The van der Waals surface area contributed by atoms with Crippen molar-refractivity contribution < 1.29 is 14.3 Å². The highest BCUT2D eigenvalue weighted by atomic mass is 16.5. The highest BCUT2D eigenvalue weighted by Crippen LogP contribution is 1.97. The van der Waals surface area contributed by atoms with Crippen LogP contribution in [-0.4, -0.2) is 62.1 Å². The molecular weight excluding hydrogens is 246 g/mol. The first-order valence-corrected chi connectivity index (χ1v) is 7.02. The van der Waals surface area contributed by atoms with E-state index in [0.29, 0.717) is 6.54 Å². The molecule has 0 unspecified atom stereocenters. The van der Waals surface area contributed by atoms with Crippen molar-refractivity contribution >= 4 is 11.8 Å². The zero-order chi connectivity index (χ0) is 14.1. The Labute approximate surface area is 114 Å². The lowest BCUT2D eigenvalue weighted by molar-refractivity contribution is -0.139. The molecule has 6 nitrogen and oxygen atoms in total. The van der Waals surface area contributed by atoms with Crippen LogP contribution in [0.4, 0.5) is 0 Å². The van der Waals surface area contributed by atoms with Crippen LogP contribution in [0.25, 0.3) is 0 Å². The van der Waals surface area contributed by atoms with Gasteiger partial charge in [-0.25, -0.2) is 0 Å². The van der Waals surface area contributed by atoms with Gasteiger partial charge in [-0.1, -0.05) is 6.92 Å². The molecule has 0 aliphatic carbocycles. The Bertz CT molecular complexity index is 291. The van der Waals surface area contributed by atoms with Gasteiger partial charge in [0.25, 0.3) is 0 Å². The number of amides is 2. The van der Waals surface area contributed by atoms with Gasteiger partial charge < -0.3 is 15.4 Å². The van der Waals surface area contributed by atoms with E-state index in [4.69, 9.17) is 4.74 Å². The topological polar surface area (TPSA) is 70.7 Å². The van der Waals surface area contributed by atoms with Crippen molar-refractivity contribution in [2.45, 2.75) is 32.7 Å². The second kappa shape index (κ2) is 8.87. The van der Waals surface area contributed by atoms with Crippen LogP contribution in [0.2, 0.25) is 0 Å². The second-order valence-corrected chi connectivity index (χ2v) is 4.85. The summed E-state index contributed by atoms with van der Waals surface area (Å²) in [4.78, 5) is 25.2. The number of nitrogens with one attached hydrogen (secondary N) is 2. The Morgan fingerprint density at radius 1 is 1.26 bits per heavy atom. The van der Waals surface area contributed by atoms with Gasteiger partial charge in [-0.05, 0) is 26.3 Å². The predicted molar refractivity (Wildman–Crippen MR) is 72.8 cm³/mol. The minimum Gasteiger partial charge on any atom is -0.379 e. The van der Waals surface area contributed by atoms with Crippen LogP contribution in [0, 0.1) is 0 Å². The maximum atomic E-state index is 11.5. The second-order valence-electron chi connectivity index (χ2n) is 4.85. The molecule has 1 saturated heterocycles. The van der Waals surface area contributed by atoms with Crippen molar-refractivity contribution in [3.05, 3.63) is 0 Å². The molecule has 110 valence electrons. The number of hydrogen-bond donors (Lipinski definition) is 2. The third kappa shape index (κ3) is 6.54. The average molecular weight is 271 g/mol. The third-order valence-corrected chi connectivity index (χ3v) is 3.24. The van der Waals surface area contributed by atoms with Crippen molar-refractivity contribution in [1.29, 1.82) is 0 Å². The van der Waals surface area contributed by atoms with Crippen molar-refractivity contribution in [3.8, 4) is 0 Å². The van der Waals surface area contributed by atoms with Gasteiger partial charge in [0.15, 0.2) is 0 Å². The Hall–Kier alpha value is -1.14. The summed E-state index contributed by atoms with van der Waals surface area (Å²) in [6.45, 7) is 8.76. The summed E-state index contributed by atoms with van der Waals surface area (Å²) < 4.78 is 5.26. The van der Waals surface area contributed by atoms with Crippen LogP contribution >= 0.6 is 0 Å². The fourth-order valence-electron chi connectivity index (χ4n) is 1.80. The van der Waals surface area contributed by atoms with Crippen molar-refractivity contribution in [3.63, 3.8) is 0 Å². The van der Waals surface area contributed by atoms with Crippen molar-refractivity contribution in [2.75, 3.05) is 39.4 Å². The monoisotopic (exact) mass is 271 g/mol. The molecule has 1 rings (SSSR count). The summed E-state index contributed by atoms with van der Waals surface area (Å²) in [5.41, 5.74) is 0. The lowest BCUT2D eigenvalue weighted by atomic mass is 10.2. The van der Waals surface area contributed by atoms with E-state index in [2.05, 4.69) is 15.5 Å². The van der Waals surface area contributed by atoms with Crippen LogP contribution < -0.4 is 10.6 Å². The molecule has 0 radical (unpaired) electrons. The standard InChI is InChI=1S/C13H25N3O3/c1-3-11(2)15-13(18)12(17)14-5-4-6-16-7-9-19-10-8-16/h11H,3-10H2,1-2H3,(H,14,17)(H,15,18)/t11-/m0/s1. The van der Waals surface area contributed by atoms with Gasteiger partial charge in [-0.15, -0.1) is 0 Å². The molecule has 2 N–H and O–H groups in total. The molecule has 0 spiro atoms. The Morgan fingerprint density at radius 2 is 1.95 bits per heavy atom. The molecule has 0 saturated carbocycles. The molecule has 1 aliphatic heterocycles. The maximum absolute atomic E-state index is 11.5. The molecule has 1 heterocycles. The van der Waals surface area contributed by atoms with Crippen LogP contribution in [0.1, 0.15) is 26.7 Å². The molecule has 0 aromatic heterocycles. The molecule has 0 aromatic carbocycles. The van der Waals surface area contributed by atoms with E-state index in [-0.39, 0.29) is 6.04 Å². The van der Waals surface area contributed by atoms with E-state index < -0.39 is 11.8 Å². The zero-order valence-electron chi connectivity index (χ0n) is 11.9. The van der Waals surface area contributed by atoms with Gasteiger partial charge in [0.05, 0.1) is 13.2 Å². The smallest absolute Gasteiger partial charge is 0.309 e. The number of morpholine rings is 1. The van der Waals surface area contributed by atoms with E-state index in [9.17, 15) is 9.59 Å². The number of nitrogens with zero attached hydrogens (tertiary/aromatic N) is 1. The molecule has 19 heavy (non-hydrogen) atoms. The highest BCUT2D eigenvalue weighted by molar-refractivity contribution is 6.35. The molecule has 0 bridgehead atoms. The number of hydrogen-bond acceptors (Lipinski definition) is 4. The van der Waals surface area contributed by atoms with Crippen molar-refractivity contribution in [2.24, 2.45) is 0 Å². The highest BCUT2D eigenvalue weighted by Gasteiger charge is 2.15. The van der Waals surface area contributed by atoms with Crippen LogP contribution in [0.15, 0.2) is 0 Å². The normalized spacial score (nSPS) is 17.8. The molecule has 6 heteroatoms. The summed E-state index contributed by atoms with van der Waals surface area (Å²) >= 11 is 0. The van der Waals surface area contributed by atoms with E-state index in [1.807, 2.05) is 13.8 Å². The number of ether oxygens (including phenoxy) is 1. The van der Waals surface area contributed by atoms with Gasteiger partial charge in [-0.3, -0.25) is 14.5 Å². The number of carbonyl (C=O) groups excluding carboxylic acids is 2. The fourth-order valence-corrected chi connectivity index (χ4v) is 1.80. The summed E-state index contributed by atoms with van der Waals surface area (Å²) in [5.74, 6) is -1.08. The first kappa shape index (κ1) is 15.9. The largest absolute Gasteiger partial charge is 0.379 e. The Morgan fingerprint density at radius 3 is 2.58 bits per heavy atom. The number of carbonyl (C=O) groups is 2. The molecule has 2 amide bonds. The van der Waals surface area contributed by atoms with E-state index in [1.54, 1.807) is 0 Å². The number of rotatable bonds is 6. The quantitative estimate of drug-likeness (QED) is 0.516. The van der Waals surface area contributed by atoms with Crippen LogP contribution in [-0.2, 0) is 14.3 Å². The summed E-state index contributed by atoms with van der Waals surface area (Å²) in [6, 6.07) is 0.0339. The van der Waals surface area contributed by atoms with E-state index in [0.717, 1.165) is 45.7 Å². The lowest BCUT2D eigenvalue weighted by Gasteiger charge is -2.26. The molecule has 1 fully saturated rings. The maximum Gasteiger partial charge on any atom is 0.309 e. The Kier molecular flexibility index (Phi) is 7.43. The van der Waals surface area contributed by atoms with Gasteiger partial charge in [-0.2, -0.15) is 0 Å². The third-order valence-electron chi connectivity index (χ3n) is 3.24. The summed E-state index contributed by atoms with van der Waals surface area (Å²) in [5, 5.41) is 5.28. The molecule has 1 aliphatic rings. The molecule has 0 aromatic rings. The average Bonchev–Trinajstić information content (AvgIpc) is 2.44. The summed E-state index contributed by atoms with van der Waals surface area (Å²) in [7, 11) is 0. The minimum absolute atomic E-state index is 0.0339. The SMILES string of the molecule is CC[C@H](C)NC(=O)C(=O)NCCCN1CCOCC1. The van der Waals surface area contributed by atoms with Gasteiger partial charge >= 0.3 is 11.8 Å². The van der Waals surface area contributed by atoms with Gasteiger partial charge in [0.1, 0.15) is 0 Å². The zero-order valence-corrected chi connectivity index (χ0v) is 11.9. The fraction of sp³-hybridized carbons (Fsp3) is 0.846. The first-order valence-electron chi connectivity index (χ1n) is 7.02. The predicted octanol–water partition coefficient (Wildman–Crippen LogP) is -0.260. The van der Waals surface area contributed by atoms with E-state index >= 15 is 0 Å². The van der Waals surface area contributed by atoms with E-state index in [1.165, 1.54) is 0 Å². The molecular formula is C13H25N3O3. The summed E-state index contributed by atoms with van der Waals surface area (Å²) in [6.07, 6.45) is 1.67. The van der Waals surface area contributed by atoms with Crippen LogP contribution in [0.5, 0.6) is 0 Å². The Balaban J connectivity index is 2.07. The van der Waals surface area contributed by atoms with Gasteiger partial charge in [0, 0.05) is 25.7 Å². The lowest BCUT2D eigenvalue weighted by Crippen LogP contribution is -2.44. The molecule has 1 atom stereocenters. The first-order chi connectivity index (χ1) is 9.13. The minimum atomic E-state index is -0.541.